The van der Waals surface area contributed by atoms with Gasteiger partial charge in [0.15, 0.2) is 5.79 Å². The molecule has 0 N–H and O–H groups in total. The van der Waals surface area contributed by atoms with Crippen LogP contribution in [0.5, 0.6) is 0 Å². The fraction of sp³-hybridized carbons (Fsp3) is 1.00. The van der Waals surface area contributed by atoms with Crippen molar-refractivity contribution in [1.82, 2.24) is 0 Å². The van der Waals surface area contributed by atoms with E-state index in [1.165, 1.54) is 64.2 Å². The second-order valence-electron chi connectivity index (χ2n) is 12.9. The maximum atomic E-state index is 6.92. The average molecular weight is 401 g/mol. The summed E-state index contributed by atoms with van der Waals surface area (Å²) >= 11 is 0. The molecule has 4 saturated carbocycles. The molecule has 0 amide bonds. The van der Waals surface area contributed by atoms with Gasteiger partial charge in [0.1, 0.15) is 0 Å². The van der Waals surface area contributed by atoms with Crippen LogP contribution in [0.1, 0.15) is 98.3 Å². The Balaban J connectivity index is 1.27. The molecule has 6 fully saturated rings. The summed E-state index contributed by atoms with van der Waals surface area (Å²) in [5.41, 5.74) is 1.13. The van der Waals surface area contributed by atoms with Crippen molar-refractivity contribution < 1.29 is 9.47 Å². The highest BCUT2D eigenvalue weighted by Gasteiger charge is 2.68. The Morgan fingerprint density at radius 1 is 0.793 bits per heavy atom. The normalized spacial score (nSPS) is 61.7. The summed E-state index contributed by atoms with van der Waals surface area (Å²) in [5, 5.41) is 0. The second-order valence-corrected chi connectivity index (χ2v) is 12.9. The summed E-state index contributed by atoms with van der Waals surface area (Å²) in [7, 11) is 0. The fourth-order valence-electron chi connectivity index (χ4n) is 10.3. The molecular formula is C27H44O2. The highest BCUT2D eigenvalue weighted by atomic mass is 16.7. The predicted octanol–water partition coefficient (Wildman–Crippen LogP) is 6.82. The maximum Gasteiger partial charge on any atom is 0.171 e. The molecule has 2 saturated heterocycles. The molecule has 2 heteroatoms. The van der Waals surface area contributed by atoms with Gasteiger partial charge in [-0.05, 0) is 97.7 Å². The first-order valence-corrected chi connectivity index (χ1v) is 13.2. The minimum Gasteiger partial charge on any atom is -0.349 e. The van der Waals surface area contributed by atoms with Gasteiger partial charge in [-0.2, -0.15) is 0 Å². The van der Waals surface area contributed by atoms with Crippen LogP contribution in [0.25, 0.3) is 0 Å². The minimum atomic E-state index is -0.250. The number of fused-ring (bicyclic) bond motifs is 7. The van der Waals surface area contributed by atoms with Crippen LogP contribution in [0.3, 0.4) is 0 Å². The van der Waals surface area contributed by atoms with Crippen molar-refractivity contribution >= 4 is 0 Å². The van der Waals surface area contributed by atoms with Crippen LogP contribution in [0.4, 0.5) is 0 Å². The molecule has 29 heavy (non-hydrogen) atoms. The third-order valence-corrected chi connectivity index (χ3v) is 11.9. The van der Waals surface area contributed by atoms with E-state index < -0.39 is 0 Å². The van der Waals surface area contributed by atoms with Crippen LogP contribution in [-0.4, -0.2) is 18.5 Å². The molecule has 6 aliphatic rings. The summed E-state index contributed by atoms with van der Waals surface area (Å²) in [4.78, 5) is 0. The van der Waals surface area contributed by atoms with Gasteiger partial charge in [-0.15, -0.1) is 0 Å². The minimum absolute atomic E-state index is 0.250. The number of ether oxygens (including phenoxy) is 2. The average Bonchev–Trinajstić information content (AvgIpc) is 3.15. The molecule has 6 rings (SSSR count). The van der Waals surface area contributed by atoms with Crippen LogP contribution in [-0.2, 0) is 9.47 Å². The van der Waals surface area contributed by atoms with Crippen LogP contribution in [0.15, 0.2) is 0 Å². The second kappa shape index (κ2) is 6.47. The van der Waals surface area contributed by atoms with Gasteiger partial charge >= 0.3 is 0 Å². The standard InChI is InChI=1S/C27H44O2/c1-17-10-14-27(28-16-17)18(2)24-23(29-27)15-22-20-9-8-19-7-5-6-12-25(19,3)21(20)11-13-26(22,24)4/h17-24H,5-16H2,1-4H3/t17-,18+,19-,20?,21+,22+,23+,24?,25+,26+,27-/m1/s1. The van der Waals surface area contributed by atoms with Gasteiger partial charge in [0.2, 0.25) is 0 Å². The van der Waals surface area contributed by atoms with E-state index in [1.54, 1.807) is 0 Å². The Bertz CT molecular complexity index is 651. The molecule has 2 aliphatic heterocycles. The number of hydrogen-bond acceptors (Lipinski definition) is 2. The molecule has 0 aromatic carbocycles. The lowest BCUT2D eigenvalue weighted by atomic mass is 9.44. The van der Waals surface area contributed by atoms with E-state index in [9.17, 15) is 0 Å². The lowest BCUT2D eigenvalue weighted by Crippen LogP contribution is -2.54. The smallest absolute Gasteiger partial charge is 0.171 e. The Morgan fingerprint density at radius 2 is 1.66 bits per heavy atom. The predicted molar refractivity (Wildman–Crippen MR) is 116 cm³/mol. The third kappa shape index (κ3) is 2.54. The molecule has 2 heterocycles. The van der Waals surface area contributed by atoms with Gasteiger partial charge in [0.05, 0.1) is 12.7 Å². The molecule has 11 atom stereocenters. The van der Waals surface area contributed by atoms with Crippen molar-refractivity contribution in [2.75, 3.05) is 6.61 Å². The topological polar surface area (TPSA) is 18.5 Å². The fourth-order valence-corrected chi connectivity index (χ4v) is 10.3. The Kier molecular flexibility index (Phi) is 4.37. The zero-order valence-electron chi connectivity index (χ0n) is 19.4. The van der Waals surface area contributed by atoms with E-state index in [1.807, 2.05) is 0 Å². The van der Waals surface area contributed by atoms with Gasteiger partial charge in [-0.1, -0.05) is 40.5 Å². The Labute approximate surface area is 178 Å². The zero-order valence-corrected chi connectivity index (χ0v) is 19.4. The van der Waals surface area contributed by atoms with E-state index in [0.717, 1.165) is 42.6 Å². The first kappa shape index (κ1) is 19.6. The van der Waals surface area contributed by atoms with Crippen molar-refractivity contribution in [2.45, 2.75) is 110 Å². The lowest BCUT2D eigenvalue weighted by Gasteiger charge is -2.61. The molecule has 0 bridgehead atoms. The summed E-state index contributed by atoms with van der Waals surface area (Å²) in [6.45, 7) is 11.1. The first-order chi connectivity index (χ1) is 13.9. The highest BCUT2D eigenvalue weighted by molar-refractivity contribution is 5.15. The van der Waals surface area contributed by atoms with Gasteiger partial charge in [0, 0.05) is 12.3 Å². The zero-order chi connectivity index (χ0) is 20.0. The Hall–Kier alpha value is -0.0800. The summed E-state index contributed by atoms with van der Waals surface area (Å²) in [5.74, 6) is 5.62. The maximum absolute atomic E-state index is 6.92. The number of rotatable bonds is 0. The molecule has 2 unspecified atom stereocenters. The lowest BCUT2D eigenvalue weighted by molar-refractivity contribution is -0.273. The first-order valence-electron chi connectivity index (χ1n) is 13.2. The van der Waals surface area contributed by atoms with Gasteiger partial charge in [-0.25, -0.2) is 0 Å². The van der Waals surface area contributed by atoms with Gasteiger partial charge < -0.3 is 9.47 Å². The quantitative estimate of drug-likeness (QED) is 0.444. The van der Waals surface area contributed by atoms with Crippen LogP contribution >= 0.6 is 0 Å². The third-order valence-electron chi connectivity index (χ3n) is 11.9. The summed E-state index contributed by atoms with van der Waals surface area (Å²) < 4.78 is 13.4. The summed E-state index contributed by atoms with van der Waals surface area (Å²) in [6.07, 6.45) is 16.2. The molecule has 2 nitrogen and oxygen atoms in total. The molecule has 0 aromatic heterocycles. The van der Waals surface area contributed by atoms with Crippen molar-refractivity contribution in [3.8, 4) is 0 Å². The van der Waals surface area contributed by atoms with E-state index in [0.29, 0.717) is 28.8 Å². The molecular weight excluding hydrogens is 356 g/mol. The van der Waals surface area contributed by atoms with Crippen molar-refractivity contribution in [2.24, 2.45) is 52.3 Å². The van der Waals surface area contributed by atoms with E-state index in [2.05, 4.69) is 27.7 Å². The van der Waals surface area contributed by atoms with Crippen LogP contribution in [0.2, 0.25) is 0 Å². The van der Waals surface area contributed by atoms with Gasteiger partial charge in [-0.3, -0.25) is 0 Å². The SMILES string of the molecule is C[C@@H]1CC[C@@]2(OC1)O[C@H]1C[C@H]3C4CC[C@H]5CCCC[C@]5(C)[C@H]4CC[C@]3(C)C1[C@@H]2C. The Morgan fingerprint density at radius 3 is 2.45 bits per heavy atom. The molecule has 164 valence electrons. The molecule has 4 aliphatic carbocycles. The summed E-state index contributed by atoms with van der Waals surface area (Å²) in [6, 6.07) is 0. The molecule has 0 aromatic rings. The highest BCUT2D eigenvalue weighted by Crippen LogP contribution is 2.71. The molecule has 0 radical (unpaired) electrons. The number of hydrogen-bond donors (Lipinski definition) is 0. The van der Waals surface area contributed by atoms with E-state index >= 15 is 0 Å². The van der Waals surface area contributed by atoms with E-state index in [-0.39, 0.29) is 5.79 Å². The van der Waals surface area contributed by atoms with Crippen molar-refractivity contribution in [3.05, 3.63) is 0 Å². The largest absolute Gasteiger partial charge is 0.349 e. The van der Waals surface area contributed by atoms with Crippen molar-refractivity contribution in [1.29, 1.82) is 0 Å². The van der Waals surface area contributed by atoms with E-state index in [4.69, 9.17) is 9.47 Å². The molecule has 1 spiro atoms. The van der Waals surface area contributed by atoms with Crippen molar-refractivity contribution in [3.63, 3.8) is 0 Å². The van der Waals surface area contributed by atoms with Crippen LogP contribution < -0.4 is 0 Å². The van der Waals surface area contributed by atoms with Gasteiger partial charge in [0.25, 0.3) is 0 Å². The monoisotopic (exact) mass is 400 g/mol. The van der Waals surface area contributed by atoms with Crippen LogP contribution in [0, 0.1) is 52.3 Å².